The summed E-state index contributed by atoms with van der Waals surface area (Å²) in [5.74, 6) is -1.80. The largest absolute Gasteiger partial charge is 0.452 e. The second kappa shape index (κ2) is 9.68. The van der Waals surface area contributed by atoms with E-state index in [4.69, 9.17) is 9.47 Å². The van der Waals surface area contributed by atoms with E-state index in [0.29, 0.717) is 13.2 Å². The lowest BCUT2D eigenvalue weighted by atomic mass is 10.2. The van der Waals surface area contributed by atoms with E-state index in [1.165, 1.54) is 30.3 Å². The topological polar surface area (TPSA) is 111 Å². The zero-order valence-electron chi connectivity index (χ0n) is 16.0. The monoisotopic (exact) mass is 436 g/mol. The van der Waals surface area contributed by atoms with Crippen molar-refractivity contribution in [2.75, 3.05) is 24.5 Å². The number of anilines is 1. The third kappa shape index (κ3) is 6.01. The number of carbonyl (C=O) groups is 2. The predicted molar refractivity (Wildman–Crippen MR) is 106 cm³/mol. The first-order valence-corrected chi connectivity index (χ1v) is 10.8. The molecule has 2 N–H and O–H groups in total. The van der Waals surface area contributed by atoms with Crippen LogP contribution in [0.25, 0.3) is 0 Å². The lowest BCUT2D eigenvalue weighted by Crippen LogP contribution is -2.34. The minimum absolute atomic E-state index is 0.0242. The number of amides is 1. The SMILES string of the molecule is O=C(COC(=O)c1cccc(S(=O)(=O)Nc2ccc(F)cc2)c1)NC[C@@H]1CCCO1. The number of halogens is 1. The molecule has 1 amide bonds. The Morgan fingerprint density at radius 2 is 1.93 bits per heavy atom. The van der Waals surface area contributed by atoms with Gasteiger partial charge in [-0.1, -0.05) is 6.07 Å². The normalized spacial score (nSPS) is 16.1. The van der Waals surface area contributed by atoms with Gasteiger partial charge < -0.3 is 14.8 Å². The minimum Gasteiger partial charge on any atom is -0.452 e. The summed E-state index contributed by atoms with van der Waals surface area (Å²) in [5, 5.41) is 2.62. The first kappa shape index (κ1) is 21.7. The van der Waals surface area contributed by atoms with Crippen LogP contribution in [0, 0.1) is 5.82 Å². The molecule has 2 aromatic rings. The average Bonchev–Trinajstić information content (AvgIpc) is 3.26. The number of rotatable bonds is 8. The molecule has 10 heteroatoms. The van der Waals surface area contributed by atoms with Crippen LogP contribution in [0.15, 0.2) is 53.4 Å². The molecule has 0 spiro atoms. The van der Waals surface area contributed by atoms with Gasteiger partial charge in [0.15, 0.2) is 6.61 Å². The van der Waals surface area contributed by atoms with Crippen molar-refractivity contribution in [1.29, 1.82) is 0 Å². The highest BCUT2D eigenvalue weighted by Gasteiger charge is 2.19. The fraction of sp³-hybridized carbons (Fsp3) is 0.300. The standard InChI is InChI=1S/C20H21FN2O6S/c21-15-6-8-16(9-7-15)23-30(26,27)18-5-1-3-14(11-18)20(25)29-13-19(24)22-12-17-4-2-10-28-17/h1,3,5-9,11,17,23H,2,4,10,12-13H2,(H,22,24)/t17-/m0/s1. The van der Waals surface area contributed by atoms with Crippen LogP contribution in [-0.4, -0.2) is 46.2 Å². The van der Waals surface area contributed by atoms with Gasteiger partial charge in [-0.3, -0.25) is 9.52 Å². The van der Waals surface area contributed by atoms with Crippen molar-refractivity contribution in [3.63, 3.8) is 0 Å². The van der Waals surface area contributed by atoms with Crippen molar-refractivity contribution in [3.8, 4) is 0 Å². The van der Waals surface area contributed by atoms with Gasteiger partial charge in [-0.05, 0) is 55.3 Å². The predicted octanol–water partition coefficient (Wildman–Crippen LogP) is 2.08. The summed E-state index contributed by atoms with van der Waals surface area (Å²) < 4.78 is 50.6. The molecular formula is C20H21FN2O6S. The summed E-state index contributed by atoms with van der Waals surface area (Å²) >= 11 is 0. The van der Waals surface area contributed by atoms with E-state index in [2.05, 4.69) is 10.0 Å². The molecule has 0 aliphatic carbocycles. The summed E-state index contributed by atoms with van der Waals surface area (Å²) in [7, 11) is -4.00. The van der Waals surface area contributed by atoms with Gasteiger partial charge in [-0.25, -0.2) is 17.6 Å². The molecule has 0 saturated carbocycles. The fourth-order valence-electron chi connectivity index (χ4n) is 2.82. The molecule has 8 nitrogen and oxygen atoms in total. The second-order valence-corrected chi connectivity index (χ2v) is 8.34. The Labute approximate surface area is 173 Å². The van der Waals surface area contributed by atoms with Crippen LogP contribution in [0.5, 0.6) is 0 Å². The molecule has 160 valence electrons. The van der Waals surface area contributed by atoms with Gasteiger partial charge in [0.2, 0.25) is 0 Å². The van der Waals surface area contributed by atoms with Crippen LogP contribution in [0.3, 0.4) is 0 Å². The Hall–Kier alpha value is -2.98. The maximum atomic E-state index is 13.0. The van der Waals surface area contributed by atoms with Crippen LogP contribution in [0.4, 0.5) is 10.1 Å². The molecule has 2 aromatic carbocycles. The molecule has 3 rings (SSSR count). The quantitative estimate of drug-likeness (QED) is 0.613. The molecule has 0 radical (unpaired) electrons. The van der Waals surface area contributed by atoms with E-state index < -0.39 is 34.3 Å². The van der Waals surface area contributed by atoms with Crippen LogP contribution in [0.2, 0.25) is 0 Å². The summed E-state index contributed by atoms with van der Waals surface area (Å²) in [6.07, 6.45) is 1.79. The van der Waals surface area contributed by atoms with Gasteiger partial charge >= 0.3 is 5.97 Å². The number of nitrogens with one attached hydrogen (secondary N) is 2. The van der Waals surface area contributed by atoms with E-state index >= 15 is 0 Å². The Kier molecular flexibility index (Phi) is 7.01. The number of hydrogen-bond donors (Lipinski definition) is 2. The summed E-state index contributed by atoms with van der Waals surface area (Å²) in [4.78, 5) is 23.8. The highest BCUT2D eigenvalue weighted by atomic mass is 32.2. The highest BCUT2D eigenvalue weighted by Crippen LogP contribution is 2.18. The Morgan fingerprint density at radius 1 is 1.17 bits per heavy atom. The van der Waals surface area contributed by atoms with Crippen molar-refractivity contribution < 1.29 is 31.9 Å². The van der Waals surface area contributed by atoms with Gasteiger partial charge in [0, 0.05) is 18.8 Å². The van der Waals surface area contributed by atoms with E-state index in [-0.39, 0.29) is 22.3 Å². The molecule has 1 aliphatic rings. The van der Waals surface area contributed by atoms with E-state index in [0.717, 1.165) is 31.0 Å². The van der Waals surface area contributed by atoms with Crippen LogP contribution < -0.4 is 10.0 Å². The number of hydrogen-bond acceptors (Lipinski definition) is 6. The number of ether oxygens (including phenoxy) is 2. The Bertz CT molecular complexity index is 1000. The number of carbonyl (C=O) groups excluding carboxylic acids is 2. The second-order valence-electron chi connectivity index (χ2n) is 6.66. The first-order chi connectivity index (χ1) is 14.3. The van der Waals surface area contributed by atoms with Gasteiger partial charge in [-0.2, -0.15) is 0 Å². The Balaban J connectivity index is 1.57. The molecule has 0 unspecified atom stereocenters. The average molecular weight is 436 g/mol. The molecule has 1 heterocycles. The molecule has 1 aliphatic heterocycles. The van der Waals surface area contributed by atoms with Crippen LogP contribution in [-0.2, 0) is 24.3 Å². The molecule has 1 atom stereocenters. The van der Waals surface area contributed by atoms with E-state index in [1.54, 1.807) is 0 Å². The third-order valence-corrected chi connectivity index (χ3v) is 5.74. The van der Waals surface area contributed by atoms with Crippen molar-refractivity contribution in [2.24, 2.45) is 0 Å². The van der Waals surface area contributed by atoms with Gasteiger partial charge in [-0.15, -0.1) is 0 Å². The zero-order valence-corrected chi connectivity index (χ0v) is 16.8. The van der Waals surface area contributed by atoms with Gasteiger partial charge in [0.25, 0.3) is 15.9 Å². The number of benzene rings is 2. The van der Waals surface area contributed by atoms with E-state index in [9.17, 15) is 22.4 Å². The maximum absolute atomic E-state index is 13.0. The summed E-state index contributed by atoms with van der Waals surface area (Å²) in [6, 6.07) is 10.00. The lowest BCUT2D eigenvalue weighted by molar-refractivity contribution is -0.124. The first-order valence-electron chi connectivity index (χ1n) is 9.27. The zero-order chi connectivity index (χ0) is 21.6. The fourth-order valence-corrected chi connectivity index (χ4v) is 3.92. The molecule has 0 aromatic heterocycles. The van der Waals surface area contributed by atoms with E-state index in [1.807, 2.05) is 0 Å². The molecule has 1 fully saturated rings. The molecule has 30 heavy (non-hydrogen) atoms. The smallest absolute Gasteiger partial charge is 0.338 e. The summed E-state index contributed by atoms with van der Waals surface area (Å²) in [5.41, 5.74) is 0.149. The van der Waals surface area contributed by atoms with Crippen molar-refractivity contribution >= 4 is 27.6 Å². The van der Waals surface area contributed by atoms with Crippen molar-refractivity contribution in [1.82, 2.24) is 5.32 Å². The third-order valence-electron chi connectivity index (χ3n) is 4.36. The molecule has 1 saturated heterocycles. The van der Waals surface area contributed by atoms with Gasteiger partial charge in [0.1, 0.15) is 5.82 Å². The highest BCUT2D eigenvalue weighted by molar-refractivity contribution is 7.92. The minimum atomic E-state index is -4.00. The van der Waals surface area contributed by atoms with Crippen LogP contribution >= 0.6 is 0 Å². The van der Waals surface area contributed by atoms with Crippen LogP contribution in [0.1, 0.15) is 23.2 Å². The number of sulfonamides is 1. The number of esters is 1. The molecular weight excluding hydrogens is 415 g/mol. The summed E-state index contributed by atoms with van der Waals surface area (Å²) in [6.45, 7) is 0.528. The van der Waals surface area contributed by atoms with Gasteiger partial charge in [0.05, 0.1) is 16.6 Å². The van der Waals surface area contributed by atoms with Crippen molar-refractivity contribution in [2.45, 2.75) is 23.8 Å². The van der Waals surface area contributed by atoms with Crippen molar-refractivity contribution in [3.05, 3.63) is 59.9 Å². The Morgan fingerprint density at radius 3 is 2.63 bits per heavy atom. The molecule has 0 bridgehead atoms. The maximum Gasteiger partial charge on any atom is 0.338 e. The lowest BCUT2D eigenvalue weighted by Gasteiger charge is -2.11.